The molecule has 0 aliphatic carbocycles. The number of rotatable bonds is 6. The Morgan fingerprint density at radius 3 is 1.89 bits per heavy atom. The van der Waals surface area contributed by atoms with E-state index in [4.69, 9.17) is 14.2 Å². The second-order valence-electron chi connectivity index (χ2n) is 8.62. The molecule has 182 valence electrons. The van der Waals surface area contributed by atoms with Crippen molar-refractivity contribution >= 4 is 51.2 Å². The fourth-order valence-electron chi connectivity index (χ4n) is 4.29. The minimum Gasteiger partial charge on any atom is -0.461 e. The molecule has 0 aromatic heterocycles. The van der Waals surface area contributed by atoms with Crippen LogP contribution in [0.15, 0.2) is 84.9 Å². The van der Waals surface area contributed by atoms with Crippen molar-refractivity contribution in [3.05, 3.63) is 96.1 Å². The average Bonchev–Trinajstić information content (AvgIpc) is 3.26. The number of benzene rings is 4. The Bertz CT molecular complexity index is 1450. The lowest BCUT2D eigenvalue weighted by atomic mass is 10.1. The van der Waals surface area contributed by atoms with E-state index in [0.29, 0.717) is 17.5 Å². The first kappa shape index (κ1) is 23.9. The summed E-state index contributed by atoms with van der Waals surface area (Å²) in [5, 5.41) is 3.57. The Hall–Kier alpha value is -3.84. The predicted molar refractivity (Wildman–Crippen MR) is 139 cm³/mol. The van der Waals surface area contributed by atoms with E-state index < -0.39 is 29.4 Å². The highest BCUT2D eigenvalue weighted by Gasteiger charge is 2.40. The lowest BCUT2D eigenvalue weighted by Gasteiger charge is -2.19. The Balaban J connectivity index is 1.28. The zero-order valence-corrected chi connectivity index (χ0v) is 20.4. The third kappa shape index (κ3) is 5.36. The monoisotopic (exact) mass is 500 g/mol. The van der Waals surface area contributed by atoms with Crippen LogP contribution in [-0.4, -0.2) is 41.3 Å². The van der Waals surface area contributed by atoms with Gasteiger partial charge in [0, 0.05) is 13.3 Å². The zero-order chi connectivity index (χ0) is 25.1. The van der Waals surface area contributed by atoms with E-state index in [9.17, 15) is 14.4 Å². The van der Waals surface area contributed by atoms with Gasteiger partial charge in [-0.2, -0.15) is 0 Å². The van der Waals surface area contributed by atoms with Crippen molar-refractivity contribution in [3.63, 3.8) is 0 Å². The molecule has 0 N–H and O–H groups in total. The van der Waals surface area contributed by atoms with Gasteiger partial charge in [0.05, 0.1) is 16.4 Å². The molecule has 0 spiro atoms. The molecule has 36 heavy (non-hydrogen) atoms. The quantitative estimate of drug-likeness (QED) is 0.246. The Morgan fingerprint density at radius 2 is 1.31 bits per heavy atom. The fourth-order valence-corrected chi connectivity index (χ4v) is 5.66. The Kier molecular flexibility index (Phi) is 6.91. The maximum absolute atomic E-state index is 13.0. The summed E-state index contributed by atoms with van der Waals surface area (Å²) in [5.74, 6) is -1.35. The number of hydrogen-bond acceptors (Lipinski definition) is 7. The molecular formula is C29H24O6S. The van der Waals surface area contributed by atoms with Crippen molar-refractivity contribution in [2.45, 2.75) is 30.1 Å². The van der Waals surface area contributed by atoms with Gasteiger partial charge in [0.2, 0.25) is 0 Å². The van der Waals surface area contributed by atoms with Gasteiger partial charge >= 0.3 is 17.9 Å². The topological polar surface area (TPSA) is 78.9 Å². The van der Waals surface area contributed by atoms with Gasteiger partial charge in [0.1, 0.15) is 12.7 Å². The number of carbonyl (C=O) groups is 3. The molecule has 1 heterocycles. The van der Waals surface area contributed by atoms with Crippen molar-refractivity contribution in [3.8, 4) is 0 Å². The van der Waals surface area contributed by atoms with Crippen molar-refractivity contribution in [1.82, 2.24) is 0 Å². The summed E-state index contributed by atoms with van der Waals surface area (Å²) in [5.41, 5.74) is 0.390. The first-order valence-electron chi connectivity index (χ1n) is 11.6. The SMILES string of the molecule is CC(=O)OC1C[C@@H](OC(=O)c2ccc3ccccc3c2)[C@@H](COC(=O)c2ccc3ccccc3c2)S1. The molecule has 1 aliphatic heterocycles. The lowest BCUT2D eigenvalue weighted by molar-refractivity contribution is -0.142. The second-order valence-corrected chi connectivity index (χ2v) is 10.0. The molecule has 4 aromatic carbocycles. The standard InChI is InChI=1S/C29H24O6S/c1-18(30)34-27-16-25(35-29(32)24-13-11-20-7-3-5-9-22(20)15-24)26(36-27)17-33-28(31)23-12-10-19-6-2-4-8-21(19)14-23/h2-15,25-27H,16-17H2,1H3/t25-,26-,27?/m1/s1. The van der Waals surface area contributed by atoms with Crippen molar-refractivity contribution < 1.29 is 28.6 Å². The van der Waals surface area contributed by atoms with Crippen LogP contribution >= 0.6 is 11.8 Å². The van der Waals surface area contributed by atoms with Crippen LogP contribution < -0.4 is 0 Å². The summed E-state index contributed by atoms with van der Waals surface area (Å²) in [6.45, 7) is 1.35. The van der Waals surface area contributed by atoms with Crippen molar-refractivity contribution in [2.75, 3.05) is 6.61 Å². The molecule has 0 amide bonds. The van der Waals surface area contributed by atoms with Crippen LogP contribution in [0.1, 0.15) is 34.1 Å². The number of hydrogen-bond donors (Lipinski definition) is 0. The number of fused-ring (bicyclic) bond motifs is 2. The molecule has 7 heteroatoms. The Labute approximate surface area is 212 Å². The minimum absolute atomic E-state index is 0.0176. The van der Waals surface area contributed by atoms with Gasteiger partial charge in [0.15, 0.2) is 5.44 Å². The third-order valence-corrected chi connectivity index (χ3v) is 7.45. The second kappa shape index (κ2) is 10.4. The van der Waals surface area contributed by atoms with Crippen LogP contribution in [-0.2, 0) is 19.0 Å². The van der Waals surface area contributed by atoms with Gasteiger partial charge in [0.25, 0.3) is 0 Å². The van der Waals surface area contributed by atoms with E-state index in [0.717, 1.165) is 21.5 Å². The summed E-state index contributed by atoms with van der Waals surface area (Å²) < 4.78 is 16.8. The normalized spacial score (nSPS) is 19.2. The molecule has 1 unspecified atom stereocenters. The minimum atomic E-state index is -0.581. The molecule has 1 aliphatic rings. The Morgan fingerprint density at radius 1 is 0.750 bits per heavy atom. The molecule has 0 saturated carbocycles. The maximum Gasteiger partial charge on any atom is 0.338 e. The van der Waals surface area contributed by atoms with E-state index in [-0.39, 0.29) is 11.9 Å². The van der Waals surface area contributed by atoms with Crippen LogP contribution in [0, 0.1) is 0 Å². The van der Waals surface area contributed by atoms with Gasteiger partial charge < -0.3 is 14.2 Å². The summed E-state index contributed by atoms with van der Waals surface area (Å²) in [6.07, 6.45) is -0.260. The van der Waals surface area contributed by atoms with E-state index in [1.807, 2.05) is 60.7 Å². The highest BCUT2D eigenvalue weighted by Crippen LogP contribution is 2.37. The summed E-state index contributed by atoms with van der Waals surface area (Å²) in [4.78, 5) is 37.2. The van der Waals surface area contributed by atoms with Gasteiger partial charge in [-0.05, 0) is 45.8 Å². The van der Waals surface area contributed by atoms with Crippen LogP contribution in [0.5, 0.6) is 0 Å². The molecule has 1 fully saturated rings. The maximum atomic E-state index is 13.0. The molecule has 0 radical (unpaired) electrons. The van der Waals surface area contributed by atoms with Crippen LogP contribution in [0.25, 0.3) is 21.5 Å². The fraction of sp³-hybridized carbons (Fsp3) is 0.207. The van der Waals surface area contributed by atoms with Gasteiger partial charge in [-0.1, -0.05) is 60.7 Å². The highest BCUT2D eigenvalue weighted by atomic mass is 32.2. The van der Waals surface area contributed by atoms with Crippen molar-refractivity contribution in [1.29, 1.82) is 0 Å². The molecule has 3 atom stereocenters. The summed E-state index contributed by atoms with van der Waals surface area (Å²) in [7, 11) is 0. The van der Waals surface area contributed by atoms with Gasteiger partial charge in [-0.25, -0.2) is 9.59 Å². The zero-order valence-electron chi connectivity index (χ0n) is 19.6. The number of ether oxygens (including phenoxy) is 3. The van der Waals surface area contributed by atoms with E-state index in [1.165, 1.54) is 18.7 Å². The van der Waals surface area contributed by atoms with E-state index in [2.05, 4.69) is 0 Å². The number of thioether (sulfide) groups is 1. The van der Waals surface area contributed by atoms with E-state index in [1.54, 1.807) is 24.3 Å². The van der Waals surface area contributed by atoms with Gasteiger partial charge in [-0.15, -0.1) is 11.8 Å². The summed E-state index contributed by atoms with van der Waals surface area (Å²) >= 11 is 1.33. The molecule has 0 bridgehead atoms. The highest BCUT2D eigenvalue weighted by molar-refractivity contribution is 8.00. The first-order chi connectivity index (χ1) is 17.5. The molecule has 4 aromatic rings. The molecule has 6 nitrogen and oxygen atoms in total. The molecule has 1 saturated heterocycles. The summed E-state index contributed by atoms with van der Waals surface area (Å²) in [6, 6.07) is 26.3. The van der Waals surface area contributed by atoms with Gasteiger partial charge in [-0.3, -0.25) is 4.79 Å². The third-order valence-electron chi connectivity index (χ3n) is 6.07. The van der Waals surface area contributed by atoms with E-state index >= 15 is 0 Å². The lowest BCUT2D eigenvalue weighted by Crippen LogP contribution is -2.29. The van der Waals surface area contributed by atoms with Crippen LogP contribution in [0.3, 0.4) is 0 Å². The van der Waals surface area contributed by atoms with Crippen molar-refractivity contribution in [2.24, 2.45) is 0 Å². The number of carbonyl (C=O) groups excluding carboxylic acids is 3. The number of esters is 3. The molecular weight excluding hydrogens is 476 g/mol. The van der Waals surface area contributed by atoms with Crippen LogP contribution in [0.4, 0.5) is 0 Å². The molecule has 5 rings (SSSR count). The van der Waals surface area contributed by atoms with Crippen LogP contribution in [0.2, 0.25) is 0 Å². The largest absolute Gasteiger partial charge is 0.461 e. The smallest absolute Gasteiger partial charge is 0.338 e. The first-order valence-corrected chi connectivity index (χ1v) is 12.6. The predicted octanol–water partition coefficient (Wildman–Crippen LogP) is 5.77. The average molecular weight is 501 g/mol.